The summed E-state index contributed by atoms with van der Waals surface area (Å²) in [4.78, 5) is 17.7. The molecule has 1 aliphatic rings. The number of amides is 1. The number of piperidine rings is 1. The Morgan fingerprint density at radius 3 is 2.28 bits per heavy atom. The van der Waals surface area contributed by atoms with E-state index in [1.165, 1.54) is 12.1 Å². The number of anilines is 1. The fraction of sp³-hybridized carbons (Fsp3) is 0.321. The lowest BCUT2D eigenvalue weighted by atomic mass is 10.00. The van der Waals surface area contributed by atoms with Crippen molar-refractivity contribution in [2.45, 2.75) is 25.4 Å². The summed E-state index contributed by atoms with van der Waals surface area (Å²) in [5.74, 6) is 1.35. The number of ether oxygens (including phenoxy) is 3. The molecule has 0 aromatic heterocycles. The quantitative estimate of drug-likeness (QED) is 0.381. The highest BCUT2D eigenvalue weighted by molar-refractivity contribution is 6.31. The molecule has 0 aliphatic carbocycles. The van der Waals surface area contributed by atoms with Crippen LogP contribution >= 0.6 is 11.6 Å². The summed E-state index contributed by atoms with van der Waals surface area (Å²) >= 11 is 6.15. The second kappa shape index (κ2) is 11.6. The van der Waals surface area contributed by atoms with Crippen LogP contribution in [0.1, 0.15) is 28.8 Å². The molecule has 0 unspecified atom stereocenters. The molecule has 1 aliphatic heterocycles. The van der Waals surface area contributed by atoms with Gasteiger partial charge in [0.15, 0.2) is 11.5 Å². The molecule has 3 aromatic carbocycles. The Hall–Kier alpha value is -3.29. The van der Waals surface area contributed by atoms with E-state index in [1.807, 2.05) is 12.1 Å². The number of hydrogen-bond acceptors (Lipinski definition) is 5. The Kier molecular flexibility index (Phi) is 8.33. The average molecular weight is 513 g/mol. The van der Waals surface area contributed by atoms with E-state index < -0.39 is 0 Å². The van der Waals surface area contributed by atoms with Crippen molar-refractivity contribution in [2.24, 2.45) is 0 Å². The minimum absolute atomic E-state index is 0.0366. The molecule has 1 amide bonds. The Morgan fingerprint density at radius 2 is 1.67 bits per heavy atom. The van der Waals surface area contributed by atoms with Gasteiger partial charge in [-0.3, -0.25) is 9.69 Å². The van der Waals surface area contributed by atoms with E-state index in [0.717, 1.165) is 31.5 Å². The van der Waals surface area contributed by atoms with Gasteiger partial charge in [0.2, 0.25) is 5.75 Å². The number of methoxy groups -OCH3 is 3. The Labute approximate surface area is 216 Å². The van der Waals surface area contributed by atoms with Crippen LogP contribution in [0.2, 0.25) is 5.02 Å². The van der Waals surface area contributed by atoms with E-state index in [4.69, 9.17) is 25.8 Å². The lowest BCUT2D eigenvalue weighted by Crippen LogP contribution is -2.47. The number of nitrogens with zero attached hydrogens (tertiary/aromatic N) is 2. The highest BCUT2D eigenvalue weighted by atomic mass is 35.5. The number of benzene rings is 3. The van der Waals surface area contributed by atoms with E-state index >= 15 is 0 Å². The molecule has 0 saturated carbocycles. The first kappa shape index (κ1) is 25.8. The summed E-state index contributed by atoms with van der Waals surface area (Å²) in [7, 11) is 4.81. The van der Waals surface area contributed by atoms with Crippen molar-refractivity contribution >= 4 is 23.2 Å². The lowest BCUT2D eigenvalue weighted by Gasteiger charge is -2.39. The van der Waals surface area contributed by atoms with Crippen molar-refractivity contribution in [2.75, 3.05) is 39.3 Å². The van der Waals surface area contributed by atoms with Gasteiger partial charge >= 0.3 is 0 Å². The molecule has 0 bridgehead atoms. The summed E-state index contributed by atoms with van der Waals surface area (Å²) < 4.78 is 30.2. The highest BCUT2D eigenvalue weighted by Crippen LogP contribution is 2.40. The first-order chi connectivity index (χ1) is 17.4. The molecule has 0 radical (unpaired) electrons. The number of likely N-dealkylation sites (tertiary alicyclic amines) is 1. The third-order valence-electron chi connectivity index (χ3n) is 6.50. The molecule has 0 spiro atoms. The van der Waals surface area contributed by atoms with Crippen molar-refractivity contribution in [3.8, 4) is 17.2 Å². The van der Waals surface area contributed by atoms with Gasteiger partial charge < -0.3 is 19.1 Å². The number of carbonyl (C=O) groups excluding carboxylic acids is 1. The summed E-state index contributed by atoms with van der Waals surface area (Å²) in [5, 5.41) is 0.499. The van der Waals surface area contributed by atoms with Crippen LogP contribution in [0, 0.1) is 5.82 Å². The molecule has 190 valence electrons. The van der Waals surface area contributed by atoms with Gasteiger partial charge in [0, 0.05) is 47.5 Å². The van der Waals surface area contributed by atoms with Crippen molar-refractivity contribution < 1.29 is 23.4 Å². The van der Waals surface area contributed by atoms with E-state index in [1.54, 1.807) is 62.6 Å². The van der Waals surface area contributed by atoms with Crippen LogP contribution in [-0.4, -0.2) is 51.3 Å². The summed E-state index contributed by atoms with van der Waals surface area (Å²) in [6.45, 7) is 2.24. The molecular weight excluding hydrogens is 483 g/mol. The van der Waals surface area contributed by atoms with Gasteiger partial charge in [0.05, 0.1) is 21.3 Å². The van der Waals surface area contributed by atoms with Gasteiger partial charge in [-0.1, -0.05) is 23.7 Å². The second-order valence-electron chi connectivity index (χ2n) is 8.66. The lowest BCUT2D eigenvalue weighted by molar-refractivity contribution is 0.0958. The van der Waals surface area contributed by atoms with Crippen molar-refractivity contribution in [3.05, 3.63) is 82.6 Å². The van der Waals surface area contributed by atoms with Gasteiger partial charge in [0.25, 0.3) is 5.91 Å². The molecule has 36 heavy (non-hydrogen) atoms. The second-order valence-corrected chi connectivity index (χ2v) is 9.10. The average Bonchev–Trinajstić information content (AvgIpc) is 2.90. The smallest absolute Gasteiger partial charge is 0.258 e. The number of halogens is 2. The maximum Gasteiger partial charge on any atom is 0.258 e. The molecule has 1 fully saturated rings. The van der Waals surface area contributed by atoms with Crippen molar-refractivity contribution in [1.29, 1.82) is 0 Å². The number of rotatable bonds is 8. The summed E-state index contributed by atoms with van der Waals surface area (Å²) in [6.07, 6.45) is 1.53. The van der Waals surface area contributed by atoms with Crippen LogP contribution in [0.15, 0.2) is 60.7 Å². The third-order valence-corrected chi connectivity index (χ3v) is 6.73. The largest absolute Gasteiger partial charge is 0.493 e. The molecule has 8 heteroatoms. The topological polar surface area (TPSA) is 51.2 Å². The maximum absolute atomic E-state index is 13.6. The fourth-order valence-corrected chi connectivity index (χ4v) is 4.91. The SMILES string of the molecule is COc1ccc(CN2CCC(N(C(=O)c3cccc(Cl)c3)c3ccc(F)cc3)CC2)c(OC)c1OC. The predicted octanol–water partition coefficient (Wildman–Crippen LogP) is 5.82. The third kappa shape index (κ3) is 5.58. The van der Waals surface area contributed by atoms with Gasteiger partial charge in [-0.25, -0.2) is 4.39 Å². The zero-order valence-corrected chi connectivity index (χ0v) is 21.4. The maximum atomic E-state index is 13.6. The monoisotopic (exact) mass is 512 g/mol. The van der Waals surface area contributed by atoms with E-state index in [0.29, 0.717) is 40.1 Å². The van der Waals surface area contributed by atoms with Gasteiger partial charge in [-0.15, -0.1) is 0 Å². The minimum atomic E-state index is -0.340. The molecular formula is C28H30ClFN2O4. The standard InChI is InChI=1S/C28H30ClFN2O4/c1-34-25-12-7-20(26(35-2)27(25)36-3)18-31-15-13-24(14-16-31)32(23-10-8-22(30)9-11-23)28(33)19-5-4-6-21(29)17-19/h4-12,17,24H,13-16,18H2,1-3H3. The Bertz CT molecular complexity index is 1200. The van der Waals surface area contributed by atoms with Crippen LogP contribution in [0.3, 0.4) is 0 Å². The van der Waals surface area contributed by atoms with Crippen LogP contribution < -0.4 is 19.1 Å². The van der Waals surface area contributed by atoms with Crippen LogP contribution in [0.25, 0.3) is 0 Å². The van der Waals surface area contributed by atoms with Crippen LogP contribution in [-0.2, 0) is 6.54 Å². The molecule has 4 rings (SSSR count). The zero-order valence-electron chi connectivity index (χ0n) is 20.7. The van der Waals surface area contributed by atoms with Crippen LogP contribution in [0.5, 0.6) is 17.2 Å². The number of hydrogen-bond donors (Lipinski definition) is 0. The normalized spacial score (nSPS) is 14.4. The van der Waals surface area contributed by atoms with Gasteiger partial charge in [-0.05, 0) is 61.4 Å². The molecule has 3 aromatic rings. The minimum Gasteiger partial charge on any atom is -0.493 e. The molecule has 0 atom stereocenters. The highest BCUT2D eigenvalue weighted by Gasteiger charge is 2.30. The van der Waals surface area contributed by atoms with Gasteiger partial charge in [-0.2, -0.15) is 0 Å². The molecule has 0 N–H and O–H groups in total. The van der Waals surface area contributed by atoms with Crippen molar-refractivity contribution in [1.82, 2.24) is 4.90 Å². The summed E-state index contributed by atoms with van der Waals surface area (Å²) in [6, 6.07) is 16.8. The Morgan fingerprint density at radius 1 is 0.972 bits per heavy atom. The van der Waals surface area contributed by atoms with E-state index in [-0.39, 0.29) is 17.8 Å². The molecule has 1 heterocycles. The Balaban J connectivity index is 1.53. The van der Waals surface area contributed by atoms with E-state index in [2.05, 4.69) is 4.90 Å². The predicted molar refractivity (Wildman–Crippen MR) is 139 cm³/mol. The molecule has 6 nitrogen and oxygen atoms in total. The van der Waals surface area contributed by atoms with Crippen molar-refractivity contribution in [3.63, 3.8) is 0 Å². The zero-order chi connectivity index (χ0) is 25.7. The summed E-state index contributed by atoms with van der Waals surface area (Å²) in [5.41, 5.74) is 2.17. The number of carbonyl (C=O) groups is 1. The molecule has 1 saturated heterocycles. The fourth-order valence-electron chi connectivity index (χ4n) is 4.72. The first-order valence-corrected chi connectivity index (χ1v) is 12.2. The van der Waals surface area contributed by atoms with E-state index in [9.17, 15) is 9.18 Å². The first-order valence-electron chi connectivity index (χ1n) is 11.8. The van der Waals surface area contributed by atoms with Gasteiger partial charge in [0.1, 0.15) is 5.82 Å². The van der Waals surface area contributed by atoms with Crippen LogP contribution in [0.4, 0.5) is 10.1 Å².